The fourth-order valence-corrected chi connectivity index (χ4v) is 2.53. The second kappa shape index (κ2) is 9.24. The van der Waals surface area contributed by atoms with Crippen LogP contribution in [0.25, 0.3) is 0 Å². The molecule has 0 fully saturated rings. The Morgan fingerprint density at radius 2 is 1.42 bits per heavy atom. The van der Waals surface area contributed by atoms with Crippen LogP contribution >= 0.6 is 0 Å². The molecule has 24 heavy (non-hydrogen) atoms. The van der Waals surface area contributed by atoms with Gasteiger partial charge in [0.05, 0.1) is 0 Å². The molecule has 0 radical (unpaired) electrons. The molecule has 0 aliphatic carbocycles. The molecule has 1 N–H and O–H groups in total. The van der Waals surface area contributed by atoms with Crippen LogP contribution in [-0.4, -0.2) is 31.4 Å². The van der Waals surface area contributed by atoms with Crippen molar-refractivity contribution in [3.8, 4) is 0 Å². The summed E-state index contributed by atoms with van der Waals surface area (Å²) in [6.07, 6.45) is 3.35. The molecule has 0 heterocycles. The van der Waals surface area contributed by atoms with Crippen LogP contribution in [0.3, 0.4) is 0 Å². The topological polar surface area (TPSA) is 32.3 Å². The van der Waals surface area contributed by atoms with Gasteiger partial charge in [-0.25, -0.2) is 0 Å². The van der Waals surface area contributed by atoms with Crippen LogP contribution in [0.1, 0.15) is 30.0 Å². The third kappa shape index (κ3) is 6.17. The SMILES string of the molecule is CCc1ccc(CCC(=O)Nc2ccc(CCN(C)C)cc2)cc1. The first-order valence-electron chi connectivity index (χ1n) is 8.68. The van der Waals surface area contributed by atoms with Crippen LogP contribution in [0.5, 0.6) is 0 Å². The lowest BCUT2D eigenvalue weighted by Crippen LogP contribution is -2.15. The molecule has 1 amide bonds. The molecule has 2 aromatic rings. The summed E-state index contributed by atoms with van der Waals surface area (Å²) in [7, 11) is 4.15. The number of benzene rings is 2. The van der Waals surface area contributed by atoms with Crippen molar-refractivity contribution >= 4 is 11.6 Å². The van der Waals surface area contributed by atoms with Crippen LogP contribution in [0, 0.1) is 0 Å². The summed E-state index contributed by atoms with van der Waals surface area (Å²) in [5.41, 5.74) is 4.70. The molecule has 0 unspecified atom stereocenters. The van der Waals surface area contributed by atoms with E-state index < -0.39 is 0 Å². The molecule has 2 rings (SSSR count). The quantitative estimate of drug-likeness (QED) is 0.798. The summed E-state index contributed by atoms with van der Waals surface area (Å²) in [6.45, 7) is 3.18. The number of amides is 1. The van der Waals surface area contributed by atoms with Gasteiger partial charge in [-0.3, -0.25) is 4.79 Å². The van der Waals surface area contributed by atoms with E-state index >= 15 is 0 Å². The number of hydrogen-bond acceptors (Lipinski definition) is 2. The average Bonchev–Trinajstić information content (AvgIpc) is 2.60. The molecule has 0 aromatic heterocycles. The standard InChI is InChI=1S/C21H28N2O/c1-4-17-5-7-18(8-6-17)11-14-21(24)22-20-12-9-19(10-13-20)15-16-23(2)3/h5-10,12-13H,4,11,14-16H2,1-3H3,(H,22,24). The molecule has 0 spiro atoms. The average molecular weight is 324 g/mol. The maximum atomic E-state index is 12.1. The van der Waals surface area contributed by atoms with E-state index in [0.29, 0.717) is 6.42 Å². The first kappa shape index (κ1) is 18.2. The number of aryl methyl sites for hydroxylation is 2. The third-order valence-corrected chi connectivity index (χ3v) is 4.16. The Morgan fingerprint density at radius 3 is 2.00 bits per heavy atom. The maximum Gasteiger partial charge on any atom is 0.224 e. The Kier molecular flexibility index (Phi) is 7.01. The van der Waals surface area contributed by atoms with Crippen LogP contribution in [-0.2, 0) is 24.1 Å². The maximum absolute atomic E-state index is 12.1. The minimum atomic E-state index is 0.0654. The number of carbonyl (C=O) groups excluding carboxylic acids is 1. The molecular weight excluding hydrogens is 296 g/mol. The number of hydrogen-bond donors (Lipinski definition) is 1. The van der Waals surface area contributed by atoms with Crippen molar-refractivity contribution in [2.24, 2.45) is 0 Å². The van der Waals surface area contributed by atoms with Gasteiger partial charge in [0, 0.05) is 18.7 Å². The van der Waals surface area contributed by atoms with E-state index in [9.17, 15) is 4.79 Å². The highest BCUT2D eigenvalue weighted by atomic mass is 16.1. The number of nitrogens with zero attached hydrogens (tertiary/aromatic N) is 1. The lowest BCUT2D eigenvalue weighted by molar-refractivity contribution is -0.116. The van der Waals surface area contributed by atoms with Gasteiger partial charge in [-0.05, 0) is 62.2 Å². The highest BCUT2D eigenvalue weighted by Gasteiger charge is 2.04. The highest BCUT2D eigenvalue weighted by molar-refractivity contribution is 5.90. The molecule has 0 aliphatic rings. The Labute approximate surface area is 145 Å². The van der Waals surface area contributed by atoms with Crippen LogP contribution < -0.4 is 5.32 Å². The molecule has 0 aliphatic heterocycles. The fourth-order valence-electron chi connectivity index (χ4n) is 2.53. The summed E-state index contributed by atoms with van der Waals surface area (Å²) in [5, 5.41) is 2.98. The van der Waals surface area contributed by atoms with Gasteiger partial charge in [-0.1, -0.05) is 43.3 Å². The zero-order valence-corrected chi connectivity index (χ0v) is 15.0. The molecule has 3 nitrogen and oxygen atoms in total. The molecule has 0 saturated carbocycles. The first-order valence-corrected chi connectivity index (χ1v) is 8.68. The number of anilines is 1. The highest BCUT2D eigenvalue weighted by Crippen LogP contribution is 2.12. The summed E-state index contributed by atoms with van der Waals surface area (Å²) in [6, 6.07) is 16.7. The summed E-state index contributed by atoms with van der Waals surface area (Å²) >= 11 is 0. The second-order valence-corrected chi connectivity index (χ2v) is 6.47. The van der Waals surface area contributed by atoms with E-state index in [1.165, 1.54) is 16.7 Å². The Hall–Kier alpha value is -2.13. The van der Waals surface area contributed by atoms with Crippen molar-refractivity contribution in [2.75, 3.05) is 26.0 Å². The van der Waals surface area contributed by atoms with E-state index in [1.807, 2.05) is 12.1 Å². The van der Waals surface area contributed by atoms with Crippen molar-refractivity contribution in [3.63, 3.8) is 0 Å². The molecule has 128 valence electrons. The van der Waals surface area contributed by atoms with Gasteiger partial charge in [0.25, 0.3) is 0 Å². The predicted octanol–water partition coefficient (Wildman–Crippen LogP) is 3.92. The van der Waals surface area contributed by atoms with E-state index in [1.54, 1.807) is 0 Å². The monoisotopic (exact) mass is 324 g/mol. The molecule has 0 atom stereocenters. The number of rotatable bonds is 8. The zero-order chi connectivity index (χ0) is 17.4. The lowest BCUT2D eigenvalue weighted by Gasteiger charge is -2.10. The molecule has 0 saturated heterocycles. The van der Waals surface area contributed by atoms with Crippen molar-refractivity contribution in [1.82, 2.24) is 4.90 Å². The number of likely N-dealkylation sites (N-methyl/N-ethyl adjacent to an activating group) is 1. The van der Waals surface area contributed by atoms with Crippen molar-refractivity contribution in [3.05, 3.63) is 65.2 Å². The van der Waals surface area contributed by atoms with E-state index in [-0.39, 0.29) is 5.91 Å². The second-order valence-electron chi connectivity index (χ2n) is 6.47. The number of nitrogens with one attached hydrogen (secondary N) is 1. The Morgan fingerprint density at radius 1 is 0.875 bits per heavy atom. The van der Waals surface area contributed by atoms with E-state index in [2.05, 4.69) is 67.6 Å². The van der Waals surface area contributed by atoms with Gasteiger partial charge in [0.1, 0.15) is 0 Å². The zero-order valence-electron chi connectivity index (χ0n) is 15.0. The lowest BCUT2D eigenvalue weighted by atomic mass is 10.1. The first-order chi connectivity index (χ1) is 11.6. The minimum Gasteiger partial charge on any atom is -0.326 e. The van der Waals surface area contributed by atoms with Crippen LogP contribution in [0.15, 0.2) is 48.5 Å². The van der Waals surface area contributed by atoms with Gasteiger partial charge in [0.2, 0.25) is 5.91 Å². The molecule has 0 bridgehead atoms. The minimum absolute atomic E-state index is 0.0654. The van der Waals surface area contributed by atoms with Crippen LogP contribution in [0.4, 0.5) is 5.69 Å². The van der Waals surface area contributed by atoms with Gasteiger partial charge in [-0.15, -0.1) is 0 Å². The summed E-state index contributed by atoms with van der Waals surface area (Å²) in [5.74, 6) is 0.0654. The Bertz CT molecular complexity index is 630. The van der Waals surface area contributed by atoms with Gasteiger partial charge < -0.3 is 10.2 Å². The predicted molar refractivity (Wildman–Crippen MR) is 101 cm³/mol. The van der Waals surface area contributed by atoms with Gasteiger partial charge in [-0.2, -0.15) is 0 Å². The Balaban J connectivity index is 1.78. The molecule has 3 heteroatoms. The van der Waals surface area contributed by atoms with Gasteiger partial charge >= 0.3 is 0 Å². The molecular formula is C21H28N2O. The number of carbonyl (C=O) groups is 1. The van der Waals surface area contributed by atoms with E-state index in [0.717, 1.165) is 31.5 Å². The van der Waals surface area contributed by atoms with Crippen LogP contribution in [0.2, 0.25) is 0 Å². The van der Waals surface area contributed by atoms with Crippen molar-refractivity contribution in [2.45, 2.75) is 32.6 Å². The largest absolute Gasteiger partial charge is 0.326 e. The van der Waals surface area contributed by atoms with Gasteiger partial charge in [0.15, 0.2) is 0 Å². The third-order valence-electron chi connectivity index (χ3n) is 4.16. The van der Waals surface area contributed by atoms with Crippen molar-refractivity contribution in [1.29, 1.82) is 0 Å². The normalized spacial score (nSPS) is 10.8. The summed E-state index contributed by atoms with van der Waals surface area (Å²) in [4.78, 5) is 14.3. The fraction of sp³-hybridized carbons (Fsp3) is 0.381. The van der Waals surface area contributed by atoms with E-state index in [4.69, 9.17) is 0 Å². The molecule has 2 aromatic carbocycles. The van der Waals surface area contributed by atoms with Crippen molar-refractivity contribution < 1.29 is 4.79 Å². The summed E-state index contributed by atoms with van der Waals surface area (Å²) < 4.78 is 0. The smallest absolute Gasteiger partial charge is 0.224 e.